The molecule has 0 spiro atoms. The van der Waals surface area contributed by atoms with Crippen molar-refractivity contribution >= 4 is 0 Å². The minimum atomic E-state index is 0.533. The molecule has 0 heterocycles. The first-order chi connectivity index (χ1) is 8.37. The Morgan fingerprint density at radius 3 is 1.83 bits per heavy atom. The van der Waals surface area contributed by atoms with E-state index in [9.17, 15) is 0 Å². The molecule has 3 atom stereocenters. The van der Waals surface area contributed by atoms with Crippen molar-refractivity contribution in [3.8, 4) is 0 Å². The second-order valence-electron chi connectivity index (χ2n) is 7.28. The summed E-state index contributed by atoms with van der Waals surface area (Å²) in [6, 6.07) is 0. The van der Waals surface area contributed by atoms with Gasteiger partial charge in [0.15, 0.2) is 0 Å². The van der Waals surface area contributed by atoms with Gasteiger partial charge in [0.05, 0.1) is 0 Å². The summed E-state index contributed by atoms with van der Waals surface area (Å²) in [4.78, 5) is 0. The molecule has 0 saturated heterocycles. The molecule has 110 valence electrons. The largest absolute Gasteiger partial charge is 0.0654 e. The highest BCUT2D eigenvalue weighted by atomic mass is 14.3. The van der Waals surface area contributed by atoms with Crippen LogP contribution in [0.1, 0.15) is 93.4 Å². The van der Waals surface area contributed by atoms with Crippen LogP contribution in [0.4, 0.5) is 0 Å². The average molecular weight is 255 g/mol. The van der Waals surface area contributed by atoms with Gasteiger partial charge in [-0.25, -0.2) is 0 Å². The van der Waals surface area contributed by atoms with Gasteiger partial charge in [0, 0.05) is 0 Å². The zero-order chi connectivity index (χ0) is 14.2. The fraction of sp³-hybridized carbons (Fsp3) is 1.00. The zero-order valence-corrected chi connectivity index (χ0v) is 14.2. The Kier molecular flexibility index (Phi) is 8.99. The van der Waals surface area contributed by atoms with E-state index in [2.05, 4.69) is 48.5 Å². The Bertz CT molecular complexity index is 192. The Morgan fingerprint density at radius 2 is 1.39 bits per heavy atom. The predicted octanol–water partition coefficient (Wildman–Crippen LogP) is 6.69. The molecule has 0 aliphatic carbocycles. The Balaban J connectivity index is 4.50. The predicted molar refractivity (Wildman–Crippen MR) is 84.9 cm³/mol. The quantitative estimate of drug-likeness (QED) is 0.407. The topological polar surface area (TPSA) is 0 Å². The Hall–Kier alpha value is 0. The van der Waals surface area contributed by atoms with Crippen molar-refractivity contribution in [1.29, 1.82) is 0 Å². The lowest BCUT2D eigenvalue weighted by atomic mass is 9.69. The van der Waals surface area contributed by atoms with Crippen LogP contribution in [-0.2, 0) is 0 Å². The van der Waals surface area contributed by atoms with Crippen LogP contribution in [-0.4, -0.2) is 0 Å². The van der Waals surface area contributed by atoms with E-state index < -0.39 is 0 Å². The molecule has 0 heteroatoms. The molecule has 0 aromatic carbocycles. The van der Waals surface area contributed by atoms with Crippen LogP contribution in [0.3, 0.4) is 0 Å². The smallest absolute Gasteiger partial charge is 0.0326 e. The SMILES string of the molecule is CCCC(C)(C)C(CCC(C)CC)CC(C)CC. The summed E-state index contributed by atoms with van der Waals surface area (Å²) in [5, 5.41) is 0. The van der Waals surface area contributed by atoms with Crippen LogP contribution in [0.25, 0.3) is 0 Å². The fourth-order valence-corrected chi connectivity index (χ4v) is 3.02. The number of hydrogen-bond donors (Lipinski definition) is 0. The third kappa shape index (κ3) is 6.81. The summed E-state index contributed by atoms with van der Waals surface area (Å²) in [7, 11) is 0. The van der Waals surface area contributed by atoms with Crippen LogP contribution in [0, 0.1) is 23.2 Å². The van der Waals surface area contributed by atoms with Crippen LogP contribution >= 0.6 is 0 Å². The lowest BCUT2D eigenvalue weighted by Crippen LogP contribution is -2.26. The van der Waals surface area contributed by atoms with Gasteiger partial charge in [0.1, 0.15) is 0 Å². The van der Waals surface area contributed by atoms with Gasteiger partial charge >= 0.3 is 0 Å². The maximum Gasteiger partial charge on any atom is -0.0326 e. The minimum Gasteiger partial charge on any atom is -0.0654 e. The van der Waals surface area contributed by atoms with Crippen LogP contribution < -0.4 is 0 Å². The van der Waals surface area contributed by atoms with E-state index >= 15 is 0 Å². The first-order valence-corrected chi connectivity index (χ1v) is 8.37. The second kappa shape index (κ2) is 8.99. The van der Waals surface area contributed by atoms with Gasteiger partial charge in [-0.15, -0.1) is 0 Å². The fourth-order valence-electron chi connectivity index (χ4n) is 3.02. The summed E-state index contributed by atoms with van der Waals surface area (Å²) in [5.74, 6) is 2.71. The van der Waals surface area contributed by atoms with E-state index in [0.29, 0.717) is 5.41 Å². The molecular weight excluding hydrogens is 216 g/mol. The minimum absolute atomic E-state index is 0.533. The lowest BCUT2D eigenvalue weighted by molar-refractivity contribution is 0.142. The monoisotopic (exact) mass is 254 g/mol. The van der Waals surface area contributed by atoms with Crippen LogP contribution in [0.15, 0.2) is 0 Å². The van der Waals surface area contributed by atoms with Crippen molar-refractivity contribution in [1.82, 2.24) is 0 Å². The number of rotatable bonds is 10. The van der Waals surface area contributed by atoms with Crippen molar-refractivity contribution in [2.45, 2.75) is 93.4 Å². The molecule has 0 saturated carbocycles. The normalized spacial score (nSPS) is 17.5. The highest BCUT2D eigenvalue weighted by Gasteiger charge is 2.29. The first-order valence-electron chi connectivity index (χ1n) is 8.37. The standard InChI is InChI=1S/C18H38/c1-8-13-18(6,7)17(14-16(5)10-3)12-11-15(4)9-2/h15-17H,8-14H2,1-7H3. The van der Waals surface area contributed by atoms with Crippen molar-refractivity contribution in [3.63, 3.8) is 0 Å². The molecule has 18 heavy (non-hydrogen) atoms. The second-order valence-corrected chi connectivity index (χ2v) is 7.28. The van der Waals surface area contributed by atoms with Gasteiger partial charge in [-0.1, -0.05) is 74.1 Å². The third-order valence-corrected chi connectivity index (χ3v) is 5.09. The molecule has 0 amide bonds. The molecule has 0 rings (SSSR count). The van der Waals surface area contributed by atoms with Gasteiger partial charge in [-0.3, -0.25) is 0 Å². The van der Waals surface area contributed by atoms with Gasteiger partial charge in [0.25, 0.3) is 0 Å². The highest BCUT2D eigenvalue weighted by Crippen LogP contribution is 2.40. The Morgan fingerprint density at radius 1 is 0.833 bits per heavy atom. The maximum atomic E-state index is 2.50. The molecule has 3 unspecified atom stereocenters. The summed E-state index contributed by atoms with van der Waals surface area (Å²) in [6.07, 6.45) is 9.67. The maximum absolute atomic E-state index is 2.50. The number of hydrogen-bond acceptors (Lipinski definition) is 0. The highest BCUT2D eigenvalue weighted by molar-refractivity contribution is 4.80. The lowest BCUT2D eigenvalue weighted by Gasteiger charge is -2.36. The average Bonchev–Trinajstić information content (AvgIpc) is 2.33. The Labute approximate surface area is 117 Å². The summed E-state index contributed by atoms with van der Waals surface area (Å²) in [6.45, 7) is 16.8. The van der Waals surface area contributed by atoms with Gasteiger partial charge < -0.3 is 0 Å². The van der Waals surface area contributed by atoms with Crippen molar-refractivity contribution in [2.24, 2.45) is 23.2 Å². The van der Waals surface area contributed by atoms with E-state index in [1.54, 1.807) is 0 Å². The van der Waals surface area contributed by atoms with E-state index in [1.807, 2.05) is 0 Å². The molecule has 0 aromatic heterocycles. The summed E-state index contributed by atoms with van der Waals surface area (Å²) in [5.41, 5.74) is 0.533. The van der Waals surface area contributed by atoms with Crippen LogP contribution in [0.2, 0.25) is 0 Å². The molecule has 0 nitrogen and oxygen atoms in total. The molecule has 0 aromatic rings. The molecule has 0 fully saturated rings. The van der Waals surface area contributed by atoms with Crippen molar-refractivity contribution in [2.75, 3.05) is 0 Å². The molecule has 0 bridgehead atoms. The first kappa shape index (κ1) is 18.0. The van der Waals surface area contributed by atoms with Gasteiger partial charge in [-0.2, -0.15) is 0 Å². The third-order valence-electron chi connectivity index (χ3n) is 5.09. The molecular formula is C18H38. The van der Waals surface area contributed by atoms with E-state index in [0.717, 1.165) is 17.8 Å². The molecule has 0 aliphatic rings. The van der Waals surface area contributed by atoms with Gasteiger partial charge in [-0.05, 0) is 42.4 Å². The zero-order valence-electron chi connectivity index (χ0n) is 14.2. The summed E-state index contributed by atoms with van der Waals surface area (Å²) < 4.78 is 0. The van der Waals surface area contributed by atoms with Gasteiger partial charge in [0.2, 0.25) is 0 Å². The molecule has 0 N–H and O–H groups in total. The van der Waals surface area contributed by atoms with Crippen LogP contribution in [0.5, 0.6) is 0 Å². The van der Waals surface area contributed by atoms with E-state index in [4.69, 9.17) is 0 Å². The van der Waals surface area contributed by atoms with E-state index in [1.165, 1.54) is 44.9 Å². The van der Waals surface area contributed by atoms with Crippen molar-refractivity contribution in [3.05, 3.63) is 0 Å². The van der Waals surface area contributed by atoms with Crippen molar-refractivity contribution < 1.29 is 0 Å². The molecule has 0 radical (unpaired) electrons. The summed E-state index contributed by atoms with van der Waals surface area (Å²) >= 11 is 0. The molecule has 0 aliphatic heterocycles. The van der Waals surface area contributed by atoms with E-state index in [-0.39, 0.29) is 0 Å².